The fraction of sp³-hybridized carbons (Fsp3) is 0.350. The second-order valence-electron chi connectivity index (χ2n) is 6.18. The molecule has 0 spiro atoms. The second-order valence-corrected chi connectivity index (χ2v) is 6.18. The summed E-state index contributed by atoms with van der Waals surface area (Å²) in [4.78, 5) is 14.3. The lowest BCUT2D eigenvalue weighted by Gasteiger charge is -2.21. The van der Waals surface area contributed by atoms with Gasteiger partial charge in [0.05, 0.1) is 13.7 Å². The van der Waals surface area contributed by atoms with Crippen molar-refractivity contribution in [2.75, 3.05) is 38.7 Å². The first-order chi connectivity index (χ1) is 13.1. The number of benzene rings is 2. The predicted octanol–water partition coefficient (Wildman–Crippen LogP) is 3.07. The van der Waals surface area contributed by atoms with Gasteiger partial charge in [0, 0.05) is 18.3 Å². The summed E-state index contributed by atoms with van der Waals surface area (Å²) in [6.45, 7) is 4.28. The minimum atomic E-state index is -0.410. The van der Waals surface area contributed by atoms with Crippen LogP contribution in [-0.2, 0) is 11.3 Å². The molecule has 0 saturated carbocycles. The van der Waals surface area contributed by atoms with E-state index in [4.69, 9.17) is 14.2 Å². The van der Waals surface area contributed by atoms with Crippen LogP contribution in [0.2, 0.25) is 0 Å². The molecule has 0 aromatic heterocycles. The van der Waals surface area contributed by atoms with Gasteiger partial charge in [-0.1, -0.05) is 13.0 Å². The Morgan fingerprint density at radius 1 is 1.19 bits per heavy atom. The Balaban J connectivity index is 1.59. The molecule has 27 heavy (non-hydrogen) atoms. The smallest absolute Gasteiger partial charge is 0.238 e. The summed E-state index contributed by atoms with van der Waals surface area (Å²) in [6, 6.07) is 10.1. The van der Waals surface area contributed by atoms with Crippen LogP contribution < -0.4 is 19.5 Å². The zero-order valence-electron chi connectivity index (χ0n) is 15.5. The topological polar surface area (TPSA) is 60.0 Å². The molecule has 0 bridgehead atoms. The summed E-state index contributed by atoms with van der Waals surface area (Å²) < 4.78 is 29.8. The van der Waals surface area contributed by atoms with E-state index in [0.29, 0.717) is 43.5 Å². The highest BCUT2D eigenvalue weighted by Crippen LogP contribution is 2.32. The Kier molecular flexibility index (Phi) is 6.13. The summed E-state index contributed by atoms with van der Waals surface area (Å²) in [7, 11) is 1.43. The number of ether oxygens (including phenoxy) is 3. The molecule has 1 heterocycles. The second kappa shape index (κ2) is 8.73. The summed E-state index contributed by atoms with van der Waals surface area (Å²) in [5.74, 6) is 0.948. The number of amides is 1. The number of halogens is 1. The number of hydrogen-bond donors (Lipinski definition) is 1. The van der Waals surface area contributed by atoms with Gasteiger partial charge < -0.3 is 19.5 Å². The van der Waals surface area contributed by atoms with E-state index in [1.807, 2.05) is 11.8 Å². The van der Waals surface area contributed by atoms with E-state index >= 15 is 0 Å². The van der Waals surface area contributed by atoms with E-state index in [1.165, 1.54) is 13.2 Å². The quantitative estimate of drug-likeness (QED) is 0.807. The van der Waals surface area contributed by atoms with Gasteiger partial charge in [-0.3, -0.25) is 9.69 Å². The number of nitrogens with zero attached hydrogens (tertiary/aromatic N) is 1. The zero-order valence-corrected chi connectivity index (χ0v) is 15.5. The Morgan fingerprint density at radius 3 is 2.67 bits per heavy atom. The highest BCUT2D eigenvalue weighted by Gasteiger charge is 2.15. The van der Waals surface area contributed by atoms with Crippen LogP contribution in [-0.4, -0.2) is 44.2 Å². The van der Waals surface area contributed by atoms with Crippen molar-refractivity contribution in [1.29, 1.82) is 0 Å². The standard InChI is InChI=1S/C20H23FN2O4/c1-3-23(12-14-4-6-17(25-2)16(21)10-14)13-20(24)22-15-5-7-18-19(11-15)27-9-8-26-18/h4-7,10-11H,3,8-9,12-13H2,1-2H3,(H,22,24). The Bertz CT molecular complexity index is 813. The van der Waals surface area contributed by atoms with Crippen molar-refractivity contribution in [1.82, 2.24) is 4.90 Å². The van der Waals surface area contributed by atoms with E-state index in [2.05, 4.69) is 5.32 Å². The van der Waals surface area contributed by atoms with Crippen LogP contribution in [0.1, 0.15) is 12.5 Å². The fourth-order valence-electron chi connectivity index (χ4n) is 2.87. The first-order valence-electron chi connectivity index (χ1n) is 8.83. The molecule has 144 valence electrons. The maximum absolute atomic E-state index is 13.8. The lowest BCUT2D eigenvalue weighted by Crippen LogP contribution is -2.32. The molecule has 0 saturated heterocycles. The van der Waals surface area contributed by atoms with Gasteiger partial charge in [0.1, 0.15) is 13.2 Å². The number of rotatable bonds is 7. The first-order valence-corrected chi connectivity index (χ1v) is 8.83. The Labute approximate surface area is 157 Å². The molecule has 1 aliphatic rings. The third-order valence-electron chi connectivity index (χ3n) is 4.26. The van der Waals surface area contributed by atoms with E-state index < -0.39 is 5.82 Å². The number of carbonyl (C=O) groups excluding carboxylic acids is 1. The number of methoxy groups -OCH3 is 1. The third-order valence-corrected chi connectivity index (χ3v) is 4.26. The van der Waals surface area contributed by atoms with Gasteiger partial charge in [-0.25, -0.2) is 4.39 Å². The lowest BCUT2D eigenvalue weighted by atomic mass is 10.2. The van der Waals surface area contributed by atoms with Gasteiger partial charge in [0.2, 0.25) is 5.91 Å². The molecule has 0 unspecified atom stereocenters. The van der Waals surface area contributed by atoms with Crippen LogP contribution in [0.25, 0.3) is 0 Å². The summed E-state index contributed by atoms with van der Waals surface area (Å²) in [6.07, 6.45) is 0. The van der Waals surface area contributed by atoms with Gasteiger partial charge in [-0.2, -0.15) is 0 Å². The number of likely N-dealkylation sites (N-methyl/N-ethyl adjacent to an activating group) is 1. The van der Waals surface area contributed by atoms with Crippen molar-refractivity contribution in [3.8, 4) is 17.2 Å². The van der Waals surface area contributed by atoms with E-state index in [9.17, 15) is 9.18 Å². The van der Waals surface area contributed by atoms with Crippen molar-refractivity contribution in [3.63, 3.8) is 0 Å². The molecule has 1 N–H and O–H groups in total. The normalized spacial score (nSPS) is 12.7. The number of fused-ring (bicyclic) bond motifs is 1. The van der Waals surface area contributed by atoms with Gasteiger partial charge in [0.15, 0.2) is 23.1 Å². The van der Waals surface area contributed by atoms with E-state index in [0.717, 1.165) is 5.56 Å². The third kappa shape index (κ3) is 4.89. The highest BCUT2D eigenvalue weighted by atomic mass is 19.1. The van der Waals surface area contributed by atoms with Crippen LogP contribution in [0.4, 0.5) is 10.1 Å². The molecule has 6 nitrogen and oxygen atoms in total. The maximum Gasteiger partial charge on any atom is 0.238 e. The number of nitrogens with one attached hydrogen (secondary N) is 1. The molecule has 1 amide bonds. The molecule has 2 aromatic rings. The molecule has 3 rings (SSSR count). The van der Waals surface area contributed by atoms with Crippen molar-refractivity contribution >= 4 is 11.6 Å². The van der Waals surface area contributed by atoms with Crippen molar-refractivity contribution in [2.24, 2.45) is 0 Å². The van der Waals surface area contributed by atoms with E-state index in [1.54, 1.807) is 30.3 Å². The van der Waals surface area contributed by atoms with Crippen LogP contribution in [0.5, 0.6) is 17.2 Å². The van der Waals surface area contributed by atoms with Gasteiger partial charge in [0.25, 0.3) is 0 Å². The molecule has 0 radical (unpaired) electrons. The Morgan fingerprint density at radius 2 is 1.96 bits per heavy atom. The lowest BCUT2D eigenvalue weighted by molar-refractivity contribution is -0.117. The van der Waals surface area contributed by atoms with Crippen LogP contribution in [0.15, 0.2) is 36.4 Å². The average Bonchev–Trinajstić information content (AvgIpc) is 2.67. The monoisotopic (exact) mass is 374 g/mol. The SMILES string of the molecule is CCN(CC(=O)Nc1ccc2c(c1)OCCO2)Cc1ccc(OC)c(F)c1. The zero-order chi connectivity index (χ0) is 19.2. The molecule has 0 aliphatic carbocycles. The highest BCUT2D eigenvalue weighted by molar-refractivity contribution is 5.92. The molecule has 2 aromatic carbocycles. The minimum absolute atomic E-state index is 0.150. The molecular weight excluding hydrogens is 351 g/mol. The van der Waals surface area contributed by atoms with Crippen molar-refractivity contribution in [3.05, 3.63) is 47.8 Å². The van der Waals surface area contributed by atoms with Gasteiger partial charge in [-0.05, 0) is 36.4 Å². The molecule has 0 fully saturated rings. The van der Waals surface area contributed by atoms with E-state index in [-0.39, 0.29) is 18.2 Å². The minimum Gasteiger partial charge on any atom is -0.494 e. The fourth-order valence-corrected chi connectivity index (χ4v) is 2.87. The first kappa shape index (κ1) is 19.0. The summed E-state index contributed by atoms with van der Waals surface area (Å²) in [5, 5.41) is 2.86. The number of carbonyl (C=O) groups is 1. The largest absolute Gasteiger partial charge is 0.494 e. The average molecular weight is 374 g/mol. The van der Waals surface area contributed by atoms with Crippen LogP contribution in [0, 0.1) is 5.82 Å². The van der Waals surface area contributed by atoms with Crippen LogP contribution in [0.3, 0.4) is 0 Å². The number of anilines is 1. The summed E-state index contributed by atoms with van der Waals surface area (Å²) in [5.41, 5.74) is 1.43. The van der Waals surface area contributed by atoms with Crippen LogP contribution >= 0.6 is 0 Å². The van der Waals surface area contributed by atoms with Gasteiger partial charge >= 0.3 is 0 Å². The van der Waals surface area contributed by atoms with Gasteiger partial charge in [-0.15, -0.1) is 0 Å². The molecule has 1 aliphatic heterocycles. The summed E-state index contributed by atoms with van der Waals surface area (Å²) >= 11 is 0. The Hall–Kier alpha value is -2.80. The molecule has 0 atom stereocenters. The molecular formula is C20H23FN2O4. The van der Waals surface area contributed by atoms with Crippen molar-refractivity contribution < 1.29 is 23.4 Å². The number of hydrogen-bond acceptors (Lipinski definition) is 5. The maximum atomic E-state index is 13.8. The van der Waals surface area contributed by atoms with Crippen molar-refractivity contribution in [2.45, 2.75) is 13.5 Å². The predicted molar refractivity (Wildman–Crippen MR) is 100.0 cm³/mol. The molecule has 7 heteroatoms.